The van der Waals surface area contributed by atoms with Gasteiger partial charge in [0.1, 0.15) is 0 Å². The first-order valence-corrected chi connectivity index (χ1v) is 2.93. The Labute approximate surface area is 75.2 Å². The molecular weight excluding hydrogens is 298 g/mol. The fraction of sp³-hybridized carbons (Fsp3) is 0.571. The number of rotatable bonds is 0. The van der Waals surface area contributed by atoms with Crippen LogP contribution in [-0.2, 0) is 26.5 Å². The van der Waals surface area contributed by atoms with Gasteiger partial charge in [-0.3, -0.25) is 0 Å². The third kappa shape index (κ3) is 2.26. The average molecular weight is 308 g/mol. The summed E-state index contributed by atoms with van der Waals surface area (Å²) in [5, 5.41) is 3.56. The molecule has 1 aromatic heterocycles. The van der Waals surface area contributed by atoms with Crippen molar-refractivity contribution in [2.75, 3.05) is 0 Å². The molecule has 0 spiro atoms. The fourth-order valence-electron chi connectivity index (χ4n) is 0.528. The van der Waals surface area contributed by atoms with Gasteiger partial charge in [0.05, 0.1) is 0 Å². The molecule has 0 fully saturated rings. The van der Waals surface area contributed by atoms with Gasteiger partial charge in [0, 0.05) is 21.1 Å². The second-order valence-electron chi connectivity index (χ2n) is 3.09. The van der Waals surface area contributed by atoms with Crippen molar-refractivity contribution in [2.24, 2.45) is 0 Å². The smallest absolute Gasteiger partial charge is 0 e. The monoisotopic (exact) mass is 308 g/mol. The molecule has 1 aromatic rings. The number of hydrogen-bond donors (Lipinski definition) is 0. The molecule has 0 aliphatic carbocycles. The van der Waals surface area contributed by atoms with Crippen molar-refractivity contribution in [1.82, 2.24) is 5.16 Å². The predicted molar refractivity (Wildman–Crippen MR) is 34.0 cm³/mol. The van der Waals surface area contributed by atoms with E-state index in [0.717, 1.165) is 5.56 Å². The van der Waals surface area contributed by atoms with Gasteiger partial charge in [-0.1, -0.05) is 27.0 Å². The van der Waals surface area contributed by atoms with Crippen molar-refractivity contribution in [2.45, 2.75) is 26.2 Å². The van der Waals surface area contributed by atoms with Gasteiger partial charge in [0.2, 0.25) is 0 Å². The quantitative estimate of drug-likeness (QED) is 0.683. The summed E-state index contributed by atoms with van der Waals surface area (Å²) in [7, 11) is 0. The molecule has 2 nitrogen and oxygen atoms in total. The third-order valence-electron chi connectivity index (χ3n) is 1.20. The van der Waals surface area contributed by atoms with Crippen LogP contribution in [0, 0.1) is 6.26 Å². The maximum Gasteiger partial charge on any atom is 0 e. The van der Waals surface area contributed by atoms with Gasteiger partial charge in [-0.2, -0.15) is 5.56 Å². The van der Waals surface area contributed by atoms with E-state index in [9.17, 15) is 0 Å². The first-order valence-electron chi connectivity index (χ1n) is 2.93. The van der Waals surface area contributed by atoms with E-state index in [0.29, 0.717) is 0 Å². The van der Waals surface area contributed by atoms with E-state index in [1.165, 1.54) is 0 Å². The zero-order valence-electron chi connectivity index (χ0n) is 6.34. The van der Waals surface area contributed by atoms with E-state index in [2.05, 4.69) is 36.7 Å². The van der Waals surface area contributed by atoms with Gasteiger partial charge in [-0.15, -0.1) is 0 Å². The molecule has 0 atom stereocenters. The van der Waals surface area contributed by atoms with Crippen LogP contribution in [0.3, 0.4) is 0 Å². The maximum atomic E-state index is 4.57. The Balaban J connectivity index is 0.000000810. The number of nitrogens with zero attached hydrogens (tertiary/aromatic N) is 1. The first kappa shape index (κ1) is 9.90. The Morgan fingerprint density at radius 1 is 1.50 bits per heavy atom. The summed E-state index contributed by atoms with van der Waals surface area (Å²) in [4.78, 5) is 0. The number of hydrogen-bond acceptors (Lipinski definition) is 2. The van der Waals surface area contributed by atoms with Crippen LogP contribution in [0.1, 0.15) is 26.3 Å². The summed E-state index contributed by atoms with van der Waals surface area (Å²) in [6.07, 6.45) is 4.39. The van der Waals surface area contributed by atoms with Crippen molar-refractivity contribution in [3.63, 3.8) is 0 Å². The molecule has 0 N–H and O–H groups in total. The number of aromatic nitrogens is 1. The van der Waals surface area contributed by atoms with Crippen LogP contribution in [0.5, 0.6) is 0 Å². The molecule has 0 amide bonds. The Hall–Kier alpha value is -0.102. The maximum absolute atomic E-state index is 4.57. The van der Waals surface area contributed by atoms with Gasteiger partial charge < -0.3 is 4.52 Å². The summed E-state index contributed by atoms with van der Waals surface area (Å²) in [6.45, 7) is 6.28. The van der Waals surface area contributed by atoms with Gasteiger partial charge >= 0.3 is 0 Å². The van der Waals surface area contributed by atoms with Crippen molar-refractivity contribution in [3.8, 4) is 0 Å². The van der Waals surface area contributed by atoms with Crippen LogP contribution in [0.25, 0.3) is 0 Å². The second kappa shape index (κ2) is 3.34. The van der Waals surface area contributed by atoms with Gasteiger partial charge in [-0.25, -0.2) is 5.16 Å². The van der Waals surface area contributed by atoms with Crippen LogP contribution in [-0.4, -0.2) is 5.16 Å². The molecule has 10 heavy (non-hydrogen) atoms. The SMILES string of the molecule is CC(C)(C)c1[c-]onc1.[W]. The molecule has 0 bridgehead atoms. The Kier molecular flexibility index (Phi) is 3.30. The minimum absolute atomic E-state index is 0. The zero-order valence-corrected chi connectivity index (χ0v) is 9.27. The van der Waals surface area contributed by atoms with Crippen LogP contribution < -0.4 is 0 Å². The van der Waals surface area contributed by atoms with E-state index >= 15 is 0 Å². The van der Waals surface area contributed by atoms with Crippen molar-refractivity contribution >= 4 is 0 Å². The molecule has 1 heterocycles. The molecule has 0 aliphatic heterocycles. The first-order chi connectivity index (χ1) is 4.11. The van der Waals surface area contributed by atoms with E-state index in [1.54, 1.807) is 6.20 Å². The molecule has 1 rings (SSSR count). The fourth-order valence-corrected chi connectivity index (χ4v) is 0.528. The Morgan fingerprint density at radius 2 is 2.10 bits per heavy atom. The molecule has 0 aliphatic rings. The van der Waals surface area contributed by atoms with Gasteiger partial charge in [0.15, 0.2) is 0 Å². The van der Waals surface area contributed by atoms with Crippen LogP contribution in [0.15, 0.2) is 10.7 Å². The second-order valence-corrected chi connectivity index (χ2v) is 3.09. The summed E-state index contributed by atoms with van der Waals surface area (Å²) >= 11 is 0. The third-order valence-corrected chi connectivity index (χ3v) is 1.20. The topological polar surface area (TPSA) is 26.0 Å². The standard InChI is InChI=1S/C7H10NO.W/c1-7(2,3)6-4-8-9-5-6;/h4H,1-3H3;/q-1;. The van der Waals surface area contributed by atoms with Crippen LogP contribution >= 0.6 is 0 Å². The molecule has 0 unspecified atom stereocenters. The zero-order chi connectivity index (χ0) is 6.91. The van der Waals surface area contributed by atoms with Crippen molar-refractivity contribution in [3.05, 3.63) is 18.0 Å². The van der Waals surface area contributed by atoms with E-state index in [1.807, 2.05) is 0 Å². The van der Waals surface area contributed by atoms with E-state index in [4.69, 9.17) is 0 Å². The van der Waals surface area contributed by atoms with Crippen LogP contribution in [0.4, 0.5) is 0 Å². The summed E-state index contributed by atoms with van der Waals surface area (Å²) in [5.41, 5.74) is 1.13. The molecule has 0 saturated heterocycles. The molecule has 0 saturated carbocycles. The Morgan fingerprint density at radius 3 is 2.30 bits per heavy atom. The molecule has 0 aromatic carbocycles. The largest absolute Gasteiger partial charge is 0.480 e. The minimum Gasteiger partial charge on any atom is -0.480 e. The Bertz CT molecular complexity index is 176. The molecular formula is C7H10NOW-. The summed E-state index contributed by atoms with van der Waals surface area (Å²) < 4.78 is 4.57. The summed E-state index contributed by atoms with van der Waals surface area (Å²) in [5.74, 6) is 0. The normalized spacial score (nSPS) is 10.7. The molecule has 3 heteroatoms. The summed E-state index contributed by atoms with van der Waals surface area (Å²) in [6, 6.07) is 0. The average Bonchev–Trinajstić information content (AvgIpc) is 2.08. The van der Waals surface area contributed by atoms with Gasteiger partial charge in [-0.05, 0) is 11.7 Å². The van der Waals surface area contributed by atoms with Gasteiger partial charge in [0.25, 0.3) is 0 Å². The minimum atomic E-state index is 0. The molecule has 0 radical (unpaired) electrons. The van der Waals surface area contributed by atoms with E-state index in [-0.39, 0.29) is 26.5 Å². The van der Waals surface area contributed by atoms with Crippen LogP contribution in [0.2, 0.25) is 0 Å². The predicted octanol–water partition coefficient (Wildman–Crippen LogP) is 1.77. The van der Waals surface area contributed by atoms with Crippen molar-refractivity contribution < 1.29 is 25.6 Å². The van der Waals surface area contributed by atoms with Crippen molar-refractivity contribution in [1.29, 1.82) is 0 Å². The molecule has 56 valence electrons. The van der Waals surface area contributed by atoms with E-state index < -0.39 is 0 Å².